The van der Waals surface area contributed by atoms with Gasteiger partial charge >= 0.3 is 5.69 Å². The molecule has 0 atom stereocenters. The smallest absolute Gasteiger partial charge is 0.313 e. The Labute approximate surface area is 109 Å². The predicted molar refractivity (Wildman–Crippen MR) is 70.1 cm³/mol. The van der Waals surface area contributed by atoms with Crippen LogP contribution >= 0.6 is 0 Å². The second-order valence-corrected chi connectivity index (χ2v) is 3.94. The Bertz CT molecular complexity index is 639. The third-order valence-electron chi connectivity index (χ3n) is 2.44. The Hall–Kier alpha value is -2.76. The van der Waals surface area contributed by atoms with Crippen molar-refractivity contribution in [3.63, 3.8) is 0 Å². The minimum Gasteiger partial charge on any atom is -0.501 e. The van der Waals surface area contributed by atoms with E-state index in [9.17, 15) is 15.2 Å². The van der Waals surface area contributed by atoms with E-state index in [1.807, 2.05) is 6.07 Å². The molecule has 0 aromatic heterocycles. The standard InChI is InChI=1S/C13H11N3O3/c1-9-7-11(13(17)12(8-9)16(18)19)15-14-10-5-3-2-4-6-10/h2-8,17H,1H3. The van der Waals surface area contributed by atoms with E-state index in [0.717, 1.165) is 0 Å². The molecule has 6 heteroatoms. The summed E-state index contributed by atoms with van der Waals surface area (Å²) in [5, 5.41) is 28.3. The van der Waals surface area contributed by atoms with Crippen LogP contribution < -0.4 is 0 Å². The molecule has 2 aromatic carbocycles. The molecule has 1 N–H and O–H groups in total. The summed E-state index contributed by atoms with van der Waals surface area (Å²) in [4.78, 5) is 10.1. The zero-order chi connectivity index (χ0) is 13.8. The molecule has 0 unspecified atom stereocenters. The van der Waals surface area contributed by atoms with Crippen molar-refractivity contribution in [2.45, 2.75) is 6.92 Å². The Morgan fingerprint density at radius 1 is 1.16 bits per heavy atom. The average Bonchev–Trinajstić information content (AvgIpc) is 2.40. The molecule has 96 valence electrons. The van der Waals surface area contributed by atoms with Gasteiger partial charge in [-0.3, -0.25) is 10.1 Å². The summed E-state index contributed by atoms with van der Waals surface area (Å²) in [6.45, 7) is 1.69. The molecular weight excluding hydrogens is 246 g/mol. The van der Waals surface area contributed by atoms with Crippen LogP contribution in [0.25, 0.3) is 0 Å². The van der Waals surface area contributed by atoms with Crippen molar-refractivity contribution >= 4 is 17.1 Å². The molecule has 2 aromatic rings. The van der Waals surface area contributed by atoms with Crippen molar-refractivity contribution in [2.24, 2.45) is 10.2 Å². The molecule has 0 amide bonds. The monoisotopic (exact) mass is 257 g/mol. The van der Waals surface area contributed by atoms with Crippen molar-refractivity contribution in [3.8, 4) is 5.75 Å². The maximum Gasteiger partial charge on any atom is 0.313 e. The van der Waals surface area contributed by atoms with Crippen LogP contribution in [-0.4, -0.2) is 10.0 Å². The van der Waals surface area contributed by atoms with E-state index in [4.69, 9.17) is 0 Å². The number of nitro benzene ring substituents is 1. The fraction of sp³-hybridized carbons (Fsp3) is 0.0769. The second kappa shape index (κ2) is 5.26. The Kier molecular flexibility index (Phi) is 3.51. The van der Waals surface area contributed by atoms with Gasteiger partial charge in [-0.15, -0.1) is 5.11 Å². The first kappa shape index (κ1) is 12.7. The summed E-state index contributed by atoms with van der Waals surface area (Å²) in [7, 11) is 0. The number of hydrogen-bond donors (Lipinski definition) is 1. The van der Waals surface area contributed by atoms with Gasteiger partial charge in [0.1, 0.15) is 5.69 Å². The van der Waals surface area contributed by atoms with Gasteiger partial charge in [0.05, 0.1) is 10.6 Å². The third kappa shape index (κ3) is 2.92. The molecule has 0 saturated heterocycles. The highest BCUT2D eigenvalue weighted by molar-refractivity contribution is 5.64. The lowest BCUT2D eigenvalue weighted by molar-refractivity contribution is -0.385. The number of azo groups is 1. The summed E-state index contributed by atoms with van der Waals surface area (Å²) in [6.07, 6.45) is 0. The quantitative estimate of drug-likeness (QED) is 0.511. The largest absolute Gasteiger partial charge is 0.501 e. The molecule has 0 aliphatic carbocycles. The maximum absolute atomic E-state index is 10.8. The number of nitrogens with zero attached hydrogens (tertiary/aromatic N) is 3. The van der Waals surface area contributed by atoms with Crippen molar-refractivity contribution in [1.29, 1.82) is 0 Å². The van der Waals surface area contributed by atoms with Crippen molar-refractivity contribution in [3.05, 3.63) is 58.1 Å². The van der Waals surface area contributed by atoms with Crippen LogP contribution in [0, 0.1) is 17.0 Å². The molecule has 2 rings (SSSR count). The van der Waals surface area contributed by atoms with Gasteiger partial charge < -0.3 is 5.11 Å². The molecule has 0 saturated carbocycles. The molecule has 0 radical (unpaired) electrons. The number of rotatable bonds is 3. The van der Waals surface area contributed by atoms with Crippen LogP contribution in [-0.2, 0) is 0 Å². The third-order valence-corrected chi connectivity index (χ3v) is 2.44. The SMILES string of the molecule is Cc1cc(N=Nc2ccccc2)c(O)c([N+](=O)[O-])c1. The van der Waals surface area contributed by atoms with Crippen LogP contribution in [0.4, 0.5) is 17.1 Å². The highest BCUT2D eigenvalue weighted by Crippen LogP contribution is 2.37. The summed E-state index contributed by atoms with van der Waals surface area (Å²) in [5.41, 5.74) is 0.940. The first-order valence-electron chi connectivity index (χ1n) is 5.52. The summed E-state index contributed by atoms with van der Waals surface area (Å²) >= 11 is 0. The number of aryl methyl sites for hydroxylation is 1. The second-order valence-electron chi connectivity index (χ2n) is 3.94. The predicted octanol–water partition coefficient (Wildman–Crippen LogP) is 4.02. The Morgan fingerprint density at radius 3 is 2.47 bits per heavy atom. The van der Waals surface area contributed by atoms with E-state index in [1.165, 1.54) is 12.1 Å². The summed E-state index contributed by atoms with van der Waals surface area (Å²) in [6, 6.07) is 11.7. The molecule has 0 fully saturated rings. The average molecular weight is 257 g/mol. The summed E-state index contributed by atoms with van der Waals surface area (Å²) < 4.78 is 0. The van der Waals surface area contributed by atoms with Crippen molar-refractivity contribution < 1.29 is 10.0 Å². The van der Waals surface area contributed by atoms with Crippen LogP contribution in [0.2, 0.25) is 0 Å². The van der Waals surface area contributed by atoms with Gasteiger partial charge in [-0.25, -0.2) is 0 Å². The van der Waals surface area contributed by atoms with Gasteiger partial charge in [0, 0.05) is 6.07 Å². The van der Waals surface area contributed by atoms with Gasteiger partial charge in [0.15, 0.2) is 0 Å². The Balaban J connectivity index is 2.41. The van der Waals surface area contributed by atoms with E-state index in [2.05, 4.69) is 10.2 Å². The van der Waals surface area contributed by atoms with Gasteiger partial charge in [-0.1, -0.05) is 18.2 Å². The fourth-order valence-corrected chi connectivity index (χ4v) is 1.56. The van der Waals surface area contributed by atoms with E-state index in [0.29, 0.717) is 11.3 Å². The minimum absolute atomic E-state index is 0.0792. The molecule has 0 heterocycles. The van der Waals surface area contributed by atoms with Crippen LogP contribution in [0.3, 0.4) is 0 Å². The molecule has 6 nitrogen and oxygen atoms in total. The number of hydrogen-bond acceptors (Lipinski definition) is 5. The first-order chi connectivity index (χ1) is 9.08. The molecule has 0 spiro atoms. The minimum atomic E-state index is -0.649. The van der Waals surface area contributed by atoms with Crippen LogP contribution in [0.5, 0.6) is 5.75 Å². The van der Waals surface area contributed by atoms with Crippen molar-refractivity contribution in [2.75, 3.05) is 0 Å². The lowest BCUT2D eigenvalue weighted by atomic mass is 10.2. The number of nitro groups is 1. The van der Waals surface area contributed by atoms with E-state index >= 15 is 0 Å². The molecular formula is C13H11N3O3. The molecule has 0 aliphatic rings. The fourth-order valence-electron chi connectivity index (χ4n) is 1.56. The molecule has 0 aliphatic heterocycles. The zero-order valence-electron chi connectivity index (χ0n) is 10.1. The van der Waals surface area contributed by atoms with E-state index in [1.54, 1.807) is 31.2 Å². The van der Waals surface area contributed by atoms with Gasteiger partial charge in [0.25, 0.3) is 0 Å². The molecule has 19 heavy (non-hydrogen) atoms. The number of phenolic OH excluding ortho intramolecular Hbond substituents is 1. The van der Waals surface area contributed by atoms with Crippen LogP contribution in [0.15, 0.2) is 52.7 Å². The van der Waals surface area contributed by atoms with Gasteiger partial charge in [0.2, 0.25) is 5.75 Å². The number of aromatic hydroxyl groups is 1. The highest BCUT2D eigenvalue weighted by atomic mass is 16.6. The molecule has 0 bridgehead atoms. The Morgan fingerprint density at radius 2 is 1.84 bits per heavy atom. The maximum atomic E-state index is 10.8. The lowest BCUT2D eigenvalue weighted by Gasteiger charge is -2.01. The first-order valence-corrected chi connectivity index (χ1v) is 5.52. The van der Waals surface area contributed by atoms with E-state index in [-0.39, 0.29) is 11.4 Å². The highest BCUT2D eigenvalue weighted by Gasteiger charge is 2.17. The zero-order valence-corrected chi connectivity index (χ0v) is 10.1. The van der Waals surface area contributed by atoms with Gasteiger partial charge in [-0.05, 0) is 30.7 Å². The van der Waals surface area contributed by atoms with Crippen molar-refractivity contribution in [1.82, 2.24) is 0 Å². The van der Waals surface area contributed by atoms with Crippen LogP contribution in [0.1, 0.15) is 5.56 Å². The summed E-state index contributed by atoms with van der Waals surface area (Å²) in [5.74, 6) is -0.477. The lowest BCUT2D eigenvalue weighted by Crippen LogP contribution is -1.89. The topological polar surface area (TPSA) is 88.1 Å². The van der Waals surface area contributed by atoms with Gasteiger partial charge in [-0.2, -0.15) is 5.11 Å². The van der Waals surface area contributed by atoms with E-state index < -0.39 is 10.7 Å². The normalized spacial score (nSPS) is 10.8. The number of phenols is 1. The number of benzene rings is 2.